The van der Waals surface area contributed by atoms with E-state index in [0.717, 1.165) is 11.7 Å². The number of rotatable bonds is 2. The lowest BCUT2D eigenvalue weighted by molar-refractivity contribution is 0.268. The largest absolute Gasteiger partial charge is 0.466 e. The summed E-state index contributed by atoms with van der Waals surface area (Å²) in [5, 5.41) is 3.44. The molecule has 2 nitrogen and oxygen atoms in total. The normalized spacial score (nSPS) is 25.4. The summed E-state index contributed by atoms with van der Waals surface area (Å²) >= 11 is 0. The molecule has 3 rings (SSSR count). The highest BCUT2D eigenvalue weighted by Crippen LogP contribution is 2.56. The molecule has 1 saturated heterocycles. The second-order valence-corrected chi connectivity index (χ2v) is 5.09. The van der Waals surface area contributed by atoms with E-state index in [1.807, 2.05) is 6.92 Å². The van der Waals surface area contributed by atoms with E-state index in [9.17, 15) is 0 Å². The first-order valence-corrected chi connectivity index (χ1v) is 6.09. The van der Waals surface area contributed by atoms with Gasteiger partial charge in [-0.1, -0.05) is 0 Å². The van der Waals surface area contributed by atoms with E-state index in [1.165, 1.54) is 44.5 Å². The minimum atomic E-state index is 0.427. The monoisotopic (exact) mass is 205 g/mol. The Morgan fingerprint density at radius 1 is 1.27 bits per heavy atom. The van der Waals surface area contributed by atoms with Crippen LogP contribution in [0.15, 0.2) is 16.5 Å². The summed E-state index contributed by atoms with van der Waals surface area (Å²) in [6.45, 7) is 4.42. The molecule has 2 heteroatoms. The Morgan fingerprint density at radius 2 is 2.00 bits per heavy atom. The third kappa shape index (κ3) is 1.51. The lowest BCUT2D eigenvalue weighted by Gasteiger charge is -2.29. The van der Waals surface area contributed by atoms with E-state index in [2.05, 4.69) is 17.4 Å². The average Bonchev–Trinajstić information content (AvgIpc) is 2.98. The van der Waals surface area contributed by atoms with Crippen LogP contribution in [-0.4, -0.2) is 13.1 Å². The van der Waals surface area contributed by atoms with Gasteiger partial charge in [0.25, 0.3) is 0 Å². The Kier molecular flexibility index (Phi) is 2.13. The van der Waals surface area contributed by atoms with Crippen LogP contribution in [0.2, 0.25) is 0 Å². The number of nitrogens with one attached hydrogen (secondary N) is 1. The fraction of sp³-hybridized carbons (Fsp3) is 0.692. The van der Waals surface area contributed by atoms with Crippen LogP contribution < -0.4 is 5.32 Å². The van der Waals surface area contributed by atoms with Crippen molar-refractivity contribution in [3.63, 3.8) is 0 Å². The van der Waals surface area contributed by atoms with Crippen LogP contribution in [0.4, 0.5) is 0 Å². The van der Waals surface area contributed by atoms with Crippen molar-refractivity contribution < 1.29 is 4.42 Å². The zero-order valence-electron chi connectivity index (χ0n) is 9.38. The molecule has 2 fully saturated rings. The SMILES string of the molecule is Cc1ccc(C2(C3CCNCC3)CC2)o1. The maximum absolute atomic E-state index is 5.84. The summed E-state index contributed by atoms with van der Waals surface area (Å²) in [6, 6.07) is 4.31. The van der Waals surface area contributed by atoms with Gasteiger partial charge in [-0.05, 0) is 63.7 Å². The predicted molar refractivity (Wildman–Crippen MR) is 60.0 cm³/mol. The third-order valence-corrected chi connectivity index (χ3v) is 4.14. The molecule has 2 heterocycles. The van der Waals surface area contributed by atoms with Gasteiger partial charge in [-0.15, -0.1) is 0 Å². The Morgan fingerprint density at radius 3 is 2.53 bits per heavy atom. The van der Waals surface area contributed by atoms with Crippen molar-refractivity contribution in [1.29, 1.82) is 0 Å². The molecule has 1 aromatic rings. The number of hydrogen-bond acceptors (Lipinski definition) is 2. The summed E-state index contributed by atoms with van der Waals surface area (Å²) in [5.41, 5.74) is 0.427. The second kappa shape index (κ2) is 3.38. The van der Waals surface area contributed by atoms with Crippen LogP contribution in [0.3, 0.4) is 0 Å². The van der Waals surface area contributed by atoms with Gasteiger partial charge in [0, 0.05) is 5.41 Å². The molecule has 0 bridgehead atoms. The van der Waals surface area contributed by atoms with Crippen molar-refractivity contribution in [3.05, 3.63) is 23.7 Å². The van der Waals surface area contributed by atoms with Crippen molar-refractivity contribution in [2.24, 2.45) is 5.92 Å². The molecule has 0 atom stereocenters. The number of piperidine rings is 1. The first-order chi connectivity index (χ1) is 7.31. The van der Waals surface area contributed by atoms with E-state index < -0.39 is 0 Å². The third-order valence-electron chi connectivity index (χ3n) is 4.14. The van der Waals surface area contributed by atoms with Crippen molar-refractivity contribution >= 4 is 0 Å². The molecule has 0 aromatic carbocycles. The molecule has 82 valence electrons. The van der Waals surface area contributed by atoms with E-state index >= 15 is 0 Å². The molecule has 1 aromatic heterocycles. The molecule has 0 radical (unpaired) electrons. The average molecular weight is 205 g/mol. The van der Waals surface area contributed by atoms with E-state index in [4.69, 9.17) is 4.42 Å². The summed E-state index contributed by atoms with van der Waals surface area (Å²) < 4.78 is 5.84. The highest BCUT2D eigenvalue weighted by Gasteiger charge is 2.52. The summed E-state index contributed by atoms with van der Waals surface area (Å²) in [6.07, 6.45) is 5.31. The van der Waals surface area contributed by atoms with Crippen LogP contribution in [0.25, 0.3) is 0 Å². The molecule has 15 heavy (non-hydrogen) atoms. The van der Waals surface area contributed by atoms with Crippen molar-refractivity contribution in [3.8, 4) is 0 Å². The van der Waals surface area contributed by atoms with Crippen molar-refractivity contribution in [1.82, 2.24) is 5.32 Å². The van der Waals surface area contributed by atoms with Crippen LogP contribution in [0.1, 0.15) is 37.2 Å². The zero-order chi connectivity index (χ0) is 10.3. The standard InChI is InChI=1S/C13H19NO/c1-10-2-3-12(15-10)13(6-7-13)11-4-8-14-9-5-11/h2-3,11,14H,4-9H2,1H3. The second-order valence-electron chi connectivity index (χ2n) is 5.09. The van der Waals surface area contributed by atoms with E-state index in [-0.39, 0.29) is 0 Å². The Bertz CT molecular complexity index is 345. The molecule has 1 saturated carbocycles. The fourth-order valence-corrected chi connectivity index (χ4v) is 3.07. The Labute approximate surface area is 91.0 Å². The van der Waals surface area contributed by atoms with Gasteiger partial charge >= 0.3 is 0 Å². The molecule has 1 N–H and O–H groups in total. The van der Waals surface area contributed by atoms with Gasteiger partial charge in [0.1, 0.15) is 11.5 Å². The maximum Gasteiger partial charge on any atom is 0.110 e. The molecule has 1 aliphatic heterocycles. The number of aryl methyl sites for hydroxylation is 1. The highest BCUT2D eigenvalue weighted by atomic mass is 16.3. The van der Waals surface area contributed by atoms with Gasteiger partial charge in [0.2, 0.25) is 0 Å². The molecule has 0 spiro atoms. The molecule has 0 amide bonds. The van der Waals surface area contributed by atoms with Gasteiger partial charge in [-0.25, -0.2) is 0 Å². The van der Waals surface area contributed by atoms with Crippen molar-refractivity contribution in [2.75, 3.05) is 13.1 Å². The number of hydrogen-bond donors (Lipinski definition) is 1. The smallest absolute Gasteiger partial charge is 0.110 e. The van der Waals surface area contributed by atoms with Gasteiger partial charge in [-0.2, -0.15) is 0 Å². The summed E-state index contributed by atoms with van der Waals surface area (Å²) in [4.78, 5) is 0. The first-order valence-electron chi connectivity index (χ1n) is 6.09. The van der Waals surface area contributed by atoms with Gasteiger partial charge in [0.15, 0.2) is 0 Å². The van der Waals surface area contributed by atoms with Crippen molar-refractivity contribution in [2.45, 2.75) is 38.0 Å². The summed E-state index contributed by atoms with van der Waals surface area (Å²) in [7, 11) is 0. The Balaban J connectivity index is 1.83. The topological polar surface area (TPSA) is 25.2 Å². The van der Waals surface area contributed by atoms with E-state index in [0.29, 0.717) is 5.41 Å². The minimum absolute atomic E-state index is 0.427. The maximum atomic E-state index is 5.84. The molecule has 2 aliphatic rings. The number of furan rings is 1. The van der Waals surface area contributed by atoms with Crippen LogP contribution in [-0.2, 0) is 5.41 Å². The Hall–Kier alpha value is -0.760. The predicted octanol–water partition coefficient (Wildman–Crippen LogP) is 2.62. The molecular weight excluding hydrogens is 186 g/mol. The lowest BCUT2D eigenvalue weighted by Crippen LogP contribution is -2.34. The van der Waals surface area contributed by atoms with Gasteiger partial charge < -0.3 is 9.73 Å². The van der Waals surface area contributed by atoms with E-state index in [1.54, 1.807) is 0 Å². The zero-order valence-corrected chi connectivity index (χ0v) is 9.38. The molecular formula is C13H19NO. The lowest BCUT2D eigenvalue weighted by atomic mass is 9.80. The fourth-order valence-electron chi connectivity index (χ4n) is 3.07. The molecule has 0 unspecified atom stereocenters. The molecule has 1 aliphatic carbocycles. The first kappa shape index (κ1) is 9.46. The van der Waals surface area contributed by atoms with Crippen LogP contribution >= 0.6 is 0 Å². The minimum Gasteiger partial charge on any atom is -0.466 e. The van der Waals surface area contributed by atoms with Crippen LogP contribution in [0.5, 0.6) is 0 Å². The highest BCUT2D eigenvalue weighted by molar-refractivity contribution is 5.26. The van der Waals surface area contributed by atoms with Crippen LogP contribution in [0, 0.1) is 12.8 Å². The van der Waals surface area contributed by atoms with Gasteiger partial charge in [0.05, 0.1) is 0 Å². The summed E-state index contributed by atoms with van der Waals surface area (Å²) in [5.74, 6) is 3.17. The quantitative estimate of drug-likeness (QED) is 0.803. The van der Waals surface area contributed by atoms with Gasteiger partial charge in [-0.3, -0.25) is 0 Å².